The maximum Gasteiger partial charge on any atom is 0.255 e. The monoisotopic (exact) mass is 519 g/mol. The van der Waals surface area contributed by atoms with Crippen molar-refractivity contribution in [3.05, 3.63) is 107 Å². The molecule has 1 aromatic heterocycles. The summed E-state index contributed by atoms with van der Waals surface area (Å²) in [5.74, 6) is -3.07. The summed E-state index contributed by atoms with van der Waals surface area (Å²) in [7, 11) is 0. The molecule has 5 rings (SSSR count). The van der Waals surface area contributed by atoms with E-state index in [4.69, 9.17) is 5.11 Å². The lowest BCUT2D eigenvalue weighted by Gasteiger charge is -2.32. The van der Waals surface area contributed by atoms with E-state index in [2.05, 4.69) is 10.3 Å². The van der Waals surface area contributed by atoms with Crippen molar-refractivity contribution in [2.24, 2.45) is 0 Å². The zero-order chi connectivity index (χ0) is 26.8. The minimum absolute atomic E-state index is 0.105. The molecule has 38 heavy (non-hydrogen) atoms. The summed E-state index contributed by atoms with van der Waals surface area (Å²) < 4.78 is 41.2. The summed E-state index contributed by atoms with van der Waals surface area (Å²) in [5, 5.41) is 12.2. The highest BCUT2D eigenvalue weighted by atomic mass is 19.2. The Morgan fingerprint density at radius 3 is 2.34 bits per heavy atom. The van der Waals surface area contributed by atoms with Crippen LogP contribution in [-0.4, -0.2) is 39.9 Å². The zero-order valence-electron chi connectivity index (χ0n) is 20.3. The quantitative estimate of drug-likeness (QED) is 0.369. The minimum Gasteiger partial charge on any atom is -0.392 e. The minimum atomic E-state index is -1.03. The van der Waals surface area contributed by atoms with E-state index < -0.39 is 30.0 Å². The average molecular weight is 520 g/mol. The first kappa shape index (κ1) is 25.4. The van der Waals surface area contributed by atoms with Crippen molar-refractivity contribution < 1.29 is 27.9 Å². The van der Waals surface area contributed by atoms with Gasteiger partial charge in [-0.25, -0.2) is 13.2 Å². The number of fused-ring (bicyclic) bond motifs is 1. The number of aromatic nitrogens is 1. The number of aliphatic hydroxyl groups is 1. The smallest absolute Gasteiger partial charge is 0.255 e. The summed E-state index contributed by atoms with van der Waals surface area (Å²) in [6.07, 6.45) is 2.77. The van der Waals surface area contributed by atoms with Crippen molar-refractivity contribution >= 4 is 28.4 Å². The molecule has 0 aliphatic carbocycles. The molecule has 4 aromatic rings. The van der Waals surface area contributed by atoms with E-state index in [1.165, 1.54) is 30.5 Å². The molecule has 0 unspecified atom stereocenters. The maximum absolute atomic E-state index is 13.9. The predicted octanol–water partition coefficient (Wildman–Crippen LogP) is 5.42. The number of anilines is 1. The van der Waals surface area contributed by atoms with Crippen LogP contribution < -0.4 is 5.32 Å². The number of hydrogen-bond donors (Lipinski definition) is 2. The number of pyridine rings is 1. The number of nitrogens with one attached hydrogen (secondary N) is 1. The number of rotatable bonds is 5. The highest BCUT2D eigenvalue weighted by Crippen LogP contribution is 2.30. The van der Waals surface area contributed by atoms with Gasteiger partial charge in [-0.15, -0.1) is 0 Å². The molecule has 1 aliphatic rings. The molecule has 0 radical (unpaired) electrons. The average Bonchev–Trinajstić information content (AvgIpc) is 2.95. The Labute approximate surface area is 216 Å². The van der Waals surface area contributed by atoms with E-state index in [1.807, 2.05) is 12.1 Å². The standard InChI is InChI=1S/C29H24F3N3O3/c30-24-8-5-19-13-22(15-33-27(19)26(24)32)29(38)35-11-9-18(10-12-35)17-3-6-23(7-4-17)34-28(37)20-1-2-21(16-36)25(31)14-20/h1-8,13-15,18,36H,9-12,16H2,(H,34,37). The van der Waals surface area contributed by atoms with Crippen molar-refractivity contribution in [1.82, 2.24) is 9.88 Å². The molecular formula is C29H24F3N3O3. The molecule has 2 N–H and O–H groups in total. The number of carbonyl (C=O) groups is 2. The molecule has 2 heterocycles. The SMILES string of the molecule is O=C(Nc1ccc(C2CCN(C(=O)c3cnc4c(F)c(F)ccc4c3)CC2)cc1)c1ccc(CO)c(F)c1. The first-order chi connectivity index (χ1) is 18.3. The van der Waals surface area contributed by atoms with Crippen LogP contribution in [0.4, 0.5) is 18.9 Å². The number of nitrogens with zero attached hydrogens (tertiary/aromatic N) is 2. The van der Waals surface area contributed by atoms with Gasteiger partial charge in [0.05, 0.1) is 12.2 Å². The molecule has 194 valence electrons. The normalized spacial score (nSPS) is 14.1. The Balaban J connectivity index is 1.19. The second-order valence-corrected chi connectivity index (χ2v) is 9.26. The second-order valence-electron chi connectivity index (χ2n) is 9.26. The van der Waals surface area contributed by atoms with Gasteiger partial charge in [0.25, 0.3) is 11.8 Å². The molecule has 1 saturated heterocycles. The molecule has 6 nitrogen and oxygen atoms in total. The van der Waals surface area contributed by atoms with E-state index in [1.54, 1.807) is 17.0 Å². The van der Waals surface area contributed by atoms with Gasteiger partial charge >= 0.3 is 0 Å². The molecule has 3 aromatic carbocycles. The Morgan fingerprint density at radius 2 is 1.66 bits per heavy atom. The number of aliphatic hydroxyl groups excluding tert-OH is 1. The van der Waals surface area contributed by atoms with Crippen molar-refractivity contribution in [1.29, 1.82) is 0 Å². The highest BCUT2D eigenvalue weighted by molar-refractivity contribution is 6.04. The molecule has 0 atom stereocenters. The molecule has 0 bridgehead atoms. The van der Waals surface area contributed by atoms with Gasteiger partial charge in [-0.3, -0.25) is 14.6 Å². The third kappa shape index (κ3) is 5.10. The van der Waals surface area contributed by atoms with E-state index in [-0.39, 0.29) is 28.5 Å². The lowest BCUT2D eigenvalue weighted by molar-refractivity contribution is 0.0712. The summed E-state index contributed by atoms with van der Waals surface area (Å²) in [6, 6.07) is 15.3. The highest BCUT2D eigenvalue weighted by Gasteiger charge is 2.25. The lowest BCUT2D eigenvalue weighted by atomic mass is 9.89. The van der Waals surface area contributed by atoms with Gasteiger partial charge < -0.3 is 15.3 Å². The number of piperidine rings is 1. The fourth-order valence-corrected chi connectivity index (χ4v) is 4.72. The van der Waals surface area contributed by atoms with Crippen molar-refractivity contribution in [3.8, 4) is 0 Å². The number of amides is 2. The largest absolute Gasteiger partial charge is 0.392 e. The van der Waals surface area contributed by atoms with Gasteiger partial charge in [-0.05, 0) is 66.8 Å². The Kier molecular flexibility index (Phi) is 7.11. The Morgan fingerprint density at radius 1 is 0.921 bits per heavy atom. The number of halogens is 3. The topological polar surface area (TPSA) is 82.5 Å². The van der Waals surface area contributed by atoms with Gasteiger partial charge in [0.1, 0.15) is 11.3 Å². The summed E-state index contributed by atoms with van der Waals surface area (Å²) in [4.78, 5) is 31.1. The van der Waals surface area contributed by atoms with Crippen molar-refractivity contribution in [3.63, 3.8) is 0 Å². The van der Waals surface area contributed by atoms with Crippen LogP contribution in [0.1, 0.15) is 50.6 Å². The predicted molar refractivity (Wildman–Crippen MR) is 136 cm³/mol. The molecule has 9 heteroatoms. The second kappa shape index (κ2) is 10.6. The summed E-state index contributed by atoms with van der Waals surface area (Å²) in [6.45, 7) is 0.632. The molecule has 1 fully saturated rings. The van der Waals surface area contributed by atoms with E-state index in [0.717, 1.165) is 30.5 Å². The molecular weight excluding hydrogens is 495 g/mol. The van der Waals surface area contributed by atoms with Gasteiger partial charge in [0.15, 0.2) is 11.6 Å². The van der Waals surface area contributed by atoms with Gasteiger partial charge in [0, 0.05) is 41.5 Å². The first-order valence-corrected chi connectivity index (χ1v) is 12.2. The Hall–Kier alpha value is -4.24. The summed E-state index contributed by atoms with van der Waals surface area (Å²) in [5.41, 5.74) is 2.15. The molecule has 1 aliphatic heterocycles. The van der Waals surface area contributed by atoms with Crippen LogP contribution in [0.3, 0.4) is 0 Å². The number of carbonyl (C=O) groups excluding carboxylic acids is 2. The third-order valence-electron chi connectivity index (χ3n) is 6.90. The Bertz CT molecular complexity index is 1520. The number of benzene rings is 3. The van der Waals surface area contributed by atoms with Crippen molar-refractivity contribution in [2.75, 3.05) is 18.4 Å². The number of likely N-dealkylation sites (tertiary alicyclic amines) is 1. The van der Waals surface area contributed by atoms with Crippen LogP contribution in [0.2, 0.25) is 0 Å². The van der Waals surface area contributed by atoms with Crippen LogP contribution in [0.5, 0.6) is 0 Å². The molecule has 2 amide bonds. The van der Waals surface area contributed by atoms with Crippen LogP contribution in [-0.2, 0) is 6.61 Å². The van der Waals surface area contributed by atoms with Crippen LogP contribution in [0.25, 0.3) is 10.9 Å². The zero-order valence-corrected chi connectivity index (χ0v) is 20.3. The van der Waals surface area contributed by atoms with Crippen LogP contribution >= 0.6 is 0 Å². The van der Waals surface area contributed by atoms with E-state index in [0.29, 0.717) is 29.7 Å². The molecule has 0 spiro atoms. The molecule has 0 saturated carbocycles. The van der Waals surface area contributed by atoms with Crippen molar-refractivity contribution in [2.45, 2.75) is 25.4 Å². The van der Waals surface area contributed by atoms with Crippen LogP contribution in [0, 0.1) is 17.5 Å². The van der Waals surface area contributed by atoms with Gasteiger partial charge in [0.2, 0.25) is 0 Å². The van der Waals surface area contributed by atoms with E-state index >= 15 is 0 Å². The van der Waals surface area contributed by atoms with E-state index in [9.17, 15) is 22.8 Å². The fraction of sp³-hybridized carbons (Fsp3) is 0.207. The first-order valence-electron chi connectivity index (χ1n) is 12.2. The van der Waals surface area contributed by atoms with Crippen LogP contribution in [0.15, 0.2) is 66.9 Å². The maximum atomic E-state index is 13.9. The lowest BCUT2D eigenvalue weighted by Crippen LogP contribution is -2.38. The fourth-order valence-electron chi connectivity index (χ4n) is 4.72. The van der Waals surface area contributed by atoms with Gasteiger partial charge in [-0.1, -0.05) is 18.2 Å². The third-order valence-corrected chi connectivity index (χ3v) is 6.90. The number of hydrogen-bond acceptors (Lipinski definition) is 4. The van der Waals surface area contributed by atoms with Gasteiger partial charge in [-0.2, -0.15) is 0 Å². The summed E-state index contributed by atoms with van der Waals surface area (Å²) >= 11 is 0.